The minimum atomic E-state index is -0.0899. The minimum Gasteiger partial charge on any atom is -0.469 e. The lowest BCUT2D eigenvalue weighted by Gasteiger charge is -2.15. The van der Waals surface area contributed by atoms with E-state index in [4.69, 9.17) is 4.42 Å². The molecule has 0 aliphatic rings. The molecule has 0 saturated carbocycles. The number of carbonyl (C=O) groups excluding carboxylic acids is 1. The average Bonchev–Trinajstić information content (AvgIpc) is 3.37. The van der Waals surface area contributed by atoms with Crippen LogP contribution in [0.3, 0.4) is 0 Å². The highest BCUT2D eigenvalue weighted by Gasteiger charge is 2.18. The SMILES string of the molecule is C=CCn1c(SCC(=O)NC(C)c2ccc3ccccc3c2)nnc1-c1ccoc1C. The Morgan fingerprint density at radius 2 is 2.03 bits per heavy atom. The summed E-state index contributed by atoms with van der Waals surface area (Å²) in [4.78, 5) is 12.6. The molecule has 7 heteroatoms. The monoisotopic (exact) mass is 432 g/mol. The zero-order valence-corrected chi connectivity index (χ0v) is 18.4. The maximum absolute atomic E-state index is 12.6. The highest BCUT2D eigenvalue weighted by Crippen LogP contribution is 2.27. The molecular weight excluding hydrogens is 408 g/mol. The fourth-order valence-electron chi connectivity index (χ4n) is 3.48. The first-order valence-electron chi connectivity index (χ1n) is 10.1. The average molecular weight is 433 g/mol. The van der Waals surface area contributed by atoms with E-state index in [1.54, 1.807) is 12.3 Å². The van der Waals surface area contributed by atoms with E-state index in [0.29, 0.717) is 17.5 Å². The molecule has 1 unspecified atom stereocenters. The molecule has 1 atom stereocenters. The fraction of sp³-hybridized carbons (Fsp3) is 0.208. The lowest BCUT2D eigenvalue weighted by molar-refractivity contribution is -0.119. The molecule has 4 rings (SSSR count). The number of hydrogen-bond donors (Lipinski definition) is 1. The van der Waals surface area contributed by atoms with Crippen molar-refractivity contribution in [1.82, 2.24) is 20.1 Å². The van der Waals surface area contributed by atoms with Gasteiger partial charge in [0.05, 0.1) is 23.6 Å². The van der Waals surface area contributed by atoms with Gasteiger partial charge in [-0.25, -0.2) is 0 Å². The van der Waals surface area contributed by atoms with Crippen LogP contribution < -0.4 is 5.32 Å². The van der Waals surface area contributed by atoms with Gasteiger partial charge in [-0.1, -0.05) is 54.2 Å². The first-order chi connectivity index (χ1) is 15.1. The quantitative estimate of drug-likeness (QED) is 0.308. The molecule has 0 bridgehead atoms. The van der Waals surface area contributed by atoms with Crippen LogP contribution in [0.1, 0.15) is 24.3 Å². The Bertz CT molecular complexity index is 1230. The molecule has 0 saturated heterocycles. The molecular formula is C24H24N4O2S. The second kappa shape index (κ2) is 9.22. The van der Waals surface area contributed by atoms with Gasteiger partial charge in [-0.3, -0.25) is 9.36 Å². The predicted molar refractivity (Wildman–Crippen MR) is 124 cm³/mol. The van der Waals surface area contributed by atoms with Crippen LogP contribution in [0.15, 0.2) is 77.0 Å². The Labute approximate surface area is 185 Å². The van der Waals surface area contributed by atoms with E-state index in [2.05, 4.69) is 52.4 Å². The standard InChI is InChI=1S/C24H24N4O2S/c1-4-12-28-23(21-11-13-30-17(21)3)26-27-24(28)31-15-22(29)25-16(2)19-10-9-18-7-5-6-8-20(18)14-19/h4-11,13-14,16H,1,12,15H2,2-3H3,(H,25,29). The van der Waals surface area contributed by atoms with Gasteiger partial charge in [0.1, 0.15) is 5.76 Å². The van der Waals surface area contributed by atoms with E-state index >= 15 is 0 Å². The third kappa shape index (κ3) is 4.56. The molecule has 2 aromatic heterocycles. The summed E-state index contributed by atoms with van der Waals surface area (Å²) >= 11 is 1.36. The molecule has 0 aliphatic heterocycles. The number of furan rings is 1. The highest BCUT2D eigenvalue weighted by molar-refractivity contribution is 7.99. The second-order valence-corrected chi connectivity index (χ2v) is 8.22. The maximum Gasteiger partial charge on any atom is 0.230 e. The van der Waals surface area contributed by atoms with Crippen LogP contribution in [-0.4, -0.2) is 26.4 Å². The molecule has 1 amide bonds. The van der Waals surface area contributed by atoms with Crippen molar-refractivity contribution in [1.29, 1.82) is 0 Å². The zero-order valence-electron chi connectivity index (χ0n) is 17.5. The van der Waals surface area contributed by atoms with Gasteiger partial charge in [-0.05, 0) is 42.3 Å². The van der Waals surface area contributed by atoms with Gasteiger partial charge in [0.25, 0.3) is 0 Å². The number of allylic oxidation sites excluding steroid dienone is 1. The Morgan fingerprint density at radius 1 is 1.23 bits per heavy atom. The minimum absolute atomic E-state index is 0.0557. The summed E-state index contributed by atoms with van der Waals surface area (Å²) in [7, 11) is 0. The largest absolute Gasteiger partial charge is 0.469 e. The van der Waals surface area contributed by atoms with Crippen molar-refractivity contribution < 1.29 is 9.21 Å². The van der Waals surface area contributed by atoms with Gasteiger partial charge in [0.15, 0.2) is 11.0 Å². The number of rotatable bonds is 8. The number of nitrogens with zero attached hydrogens (tertiary/aromatic N) is 3. The van der Waals surface area contributed by atoms with Crippen molar-refractivity contribution in [2.75, 3.05) is 5.75 Å². The number of nitrogens with one attached hydrogen (secondary N) is 1. The van der Waals surface area contributed by atoms with E-state index in [1.807, 2.05) is 36.6 Å². The van der Waals surface area contributed by atoms with Crippen molar-refractivity contribution in [2.45, 2.75) is 31.6 Å². The predicted octanol–water partition coefficient (Wildman–Crippen LogP) is 5.16. The Balaban J connectivity index is 1.43. The summed E-state index contributed by atoms with van der Waals surface area (Å²) in [6, 6.07) is 16.2. The summed E-state index contributed by atoms with van der Waals surface area (Å²) in [5.74, 6) is 1.67. The van der Waals surface area contributed by atoms with Crippen molar-refractivity contribution >= 4 is 28.4 Å². The Kier molecular flexibility index (Phi) is 6.23. The lowest BCUT2D eigenvalue weighted by atomic mass is 10.0. The summed E-state index contributed by atoms with van der Waals surface area (Å²) in [6.07, 6.45) is 3.42. The molecule has 158 valence electrons. The van der Waals surface area contributed by atoms with Gasteiger partial charge in [0, 0.05) is 6.54 Å². The molecule has 0 aliphatic carbocycles. The van der Waals surface area contributed by atoms with E-state index in [0.717, 1.165) is 22.3 Å². The van der Waals surface area contributed by atoms with Gasteiger partial charge in [0.2, 0.25) is 5.91 Å². The molecule has 2 aromatic carbocycles. The van der Waals surface area contributed by atoms with Crippen LogP contribution in [-0.2, 0) is 11.3 Å². The Hall–Kier alpha value is -3.32. The number of fused-ring (bicyclic) bond motifs is 1. The van der Waals surface area contributed by atoms with Crippen LogP contribution in [0, 0.1) is 6.92 Å². The van der Waals surface area contributed by atoms with Gasteiger partial charge in [-0.15, -0.1) is 16.8 Å². The molecule has 1 N–H and O–H groups in total. The van der Waals surface area contributed by atoms with E-state index in [9.17, 15) is 4.79 Å². The first-order valence-corrected chi connectivity index (χ1v) is 11.0. The molecule has 6 nitrogen and oxygen atoms in total. The normalized spacial score (nSPS) is 12.1. The van der Waals surface area contributed by atoms with E-state index in [1.165, 1.54) is 17.1 Å². The third-order valence-corrected chi connectivity index (χ3v) is 6.08. The molecule has 31 heavy (non-hydrogen) atoms. The number of amides is 1. The summed E-state index contributed by atoms with van der Waals surface area (Å²) < 4.78 is 7.33. The van der Waals surface area contributed by atoms with Crippen LogP contribution >= 0.6 is 11.8 Å². The van der Waals surface area contributed by atoms with Gasteiger partial charge < -0.3 is 9.73 Å². The summed E-state index contributed by atoms with van der Waals surface area (Å²) in [6.45, 7) is 8.25. The molecule has 0 radical (unpaired) electrons. The van der Waals surface area contributed by atoms with Crippen LogP contribution in [0.2, 0.25) is 0 Å². The Morgan fingerprint density at radius 3 is 2.77 bits per heavy atom. The van der Waals surface area contributed by atoms with Crippen LogP contribution in [0.5, 0.6) is 0 Å². The van der Waals surface area contributed by atoms with Crippen LogP contribution in [0.25, 0.3) is 22.2 Å². The van der Waals surface area contributed by atoms with Gasteiger partial charge in [-0.2, -0.15) is 0 Å². The third-order valence-electron chi connectivity index (χ3n) is 5.11. The molecule has 0 spiro atoms. The van der Waals surface area contributed by atoms with Gasteiger partial charge >= 0.3 is 0 Å². The molecule has 2 heterocycles. The van der Waals surface area contributed by atoms with E-state index < -0.39 is 0 Å². The summed E-state index contributed by atoms with van der Waals surface area (Å²) in [5.41, 5.74) is 1.96. The number of thioether (sulfide) groups is 1. The maximum atomic E-state index is 12.6. The fourth-order valence-corrected chi connectivity index (χ4v) is 4.24. The number of hydrogen-bond acceptors (Lipinski definition) is 5. The number of benzene rings is 2. The highest BCUT2D eigenvalue weighted by atomic mass is 32.2. The van der Waals surface area contributed by atoms with Crippen molar-refractivity contribution in [3.05, 3.63) is 78.8 Å². The first kappa shape index (κ1) is 20.9. The second-order valence-electron chi connectivity index (χ2n) is 7.28. The smallest absolute Gasteiger partial charge is 0.230 e. The number of aromatic nitrogens is 3. The number of aryl methyl sites for hydroxylation is 1. The van der Waals surface area contributed by atoms with E-state index in [-0.39, 0.29) is 17.7 Å². The summed E-state index contributed by atoms with van der Waals surface area (Å²) in [5, 5.41) is 14.7. The van der Waals surface area contributed by atoms with Crippen molar-refractivity contribution in [2.24, 2.45) is 0 Å². The van der Waals surface area contributed by atoms with Crippen molar-refractivity contribution in [3.8, 4) is 11.4 Å². The molecule has 0 fully saturated rings. The molecule has 4 aromatic rings. The zero-order chi connectivity index (χ0) is 21.8. The van der Waals surface area contributed by atoms with Crippen molar-refractivity contribution in [3.63, 3.8) is 0 Å². The topological polar surface area (TPSA) is 73.0 Å². The number of carbonyl (C=O) groups is 1. The van der Waals surface area contributed by atoms with Crippen LogP contribution in [0.4, 0.5) is 0 Å². The lowest BCUT2D eigenvalue weighted by Crippen LogP contribution is -2.28.